The van der Waals surface area contributed by atoms with Crippen LogP contribution in [0.5, 0.6) is 0 Å². The first kappa shape index (κ1) is 22.1. The van der Waals surface area contributed by atoms with Gasteiger partial charge < -0.3 is 10.6 Å². The van der Waals surface area contributed by atoms with E-state index in [4.69, 9.17) is 0 Å². The number of amides is 4. The van der Waals surface area contributed by atoms with Gasteiger partial charge in [-0.05, 0) is 29.8 Å². The van der Waals surface area contributed by atoms with Gasteiger partial charge in [-0.3, -0.25) is 14.5 Å². The first-order valence-corrected chi connectivity index (χ1v) is 8.63. The Hall–Kier alpha value is -3.57. The van der Waals surface area contributed by atoms with Crippen LogP contribution in [0.2, 0.25) is 0 Å². The molecule has 164 valence electrons. The van der Waals surface area contributed by atoms with Gasteiger partial charge in [-0.15, -0.1) is 0 Å². The summed E-state index contributed by atoms with van der Waals surface area (Å²) in [7, 11) is 0. The molecule has 2 N–H and O–H groups in total. The van der Waals surface area contributed by atoms with Crippen molar-refractivity contribution in [3.63, 3.8) is 0 Å². The minimum Gasteiger partial charge on any atom is -0.329 e. The third-order valence-electron chi connectivity index (χ3n) is 4.37. The molecule has 1 saturated heterocycles. The smallest absolute Gasteiger partial charge is 0.329 e. The number of benzene rings is 2. The first-order chi connectivity index (χ1) is 14.4. The number of rotatable bonds is 4. The van der Waals surface area contributed by atoms with Crippen molar-refractivity contribution in [1.29, 1.82) is 0 Å². The summed E-state index contributed by atoms with van der Waals surface area (Å²) in [6.45, 7) is -0.525. The Labute approximate surface area is 170 Å². The highest BCUT2D eigenvalue weighted by atomic mass is 19.4. The van der Waals surface area contributed by atoms with Crippen molar-refractivity contribution in [3.05, 3.63) is 64.7 Å². The van der Waals surface area contributed by atoms with E-state index in [1.54, 1.807) is 0 Å². The van der Waals surface area contributed by atoms with E-state index in [1.807, 2.05) is 5.32 Å². The second-order valence-corrected chi connectivity index (χ2v) is 6.54. The van der Waals surface area contributed by atoms with Crippen molar-refractivity contribution in [1.82, 2.24) is 10.2 Å². The molecule has 12 heteroatoms. The number of carbonyl (C=O) groups excluding carboxylic acids is 3. The molecule has 0 aromatic heterocycles. The van der Waals surface area contributed by atoms with Crippen LogP contribution in [-0.4, -0.2) is 29.3 Å². The number of hydrogen-bond donors (Lipinski definition) is 2. The summed E-state index contributed by atoms with van der Waals surface area (Å²) in [6, 6.07) is 5.60. The van der Waals surface area contributed by atoms with Crippen LogP contribution in [0.1, 0.15) is 27.0 Å². The normalized spacial score (nSPS) is 14.6. The SMILES string of the molecule is O=C(Nc1cc(C(F)(F)F)cc(C(F)(F)F)c1)c1ccccc1CN1C(=O)CNC1=O. The molecule has 1 fully saturated rings. The summed E-state index contributed by atoms with van der Waals surface area (Å²) in [6.07, 6.45) is -10.1. The molecule has 1 aliphatic heterocycles. The van der Waals surface area contributed by atoms with Crippen molar-refractivity contribution < 1.29 is 40.7 Å². The maximum atomic E-state index is 13.0. The summed E-state index contributed by atoms with van der Waals surface area (Å²) in [4.78, 5) is 36.9. The number of imide groups is 1. The summed E-state index contributed by atoms with van der Waals surface area (Å²) in [5, 5.41) is 4.32. The van der Waals surface area contributed by atoms with E-state index >= 15 is 0 Å². The summed E-state index contributed by atoms with van der Waals surface area (Å²) in [5.41, 5.74) is -3.82. The maximum absolute atomic E-state index is 13.0. The van der Waals surface area contributed by atoms with Crippen LogP contribution < -0.4 is 10.6 Å². The van der Waals surface area contributed by atoms with Gasteiger partial charge in [0.15, 0.2) is 0 Å². The molecule has 2 aromatic carbocycles. The van der Waals surface area contributed by atoms with Crippen LogP contribution in [-0.2, 0) is 23.7 Å². The third kappa shape index (κ3) is 4.95. The Bertz CT molecular complexity index is 1000. The van der Waals surface area contributed by atoms with Crippen molar-refractivity contribution in [2.24, 2.45) is 0 Å². The summed E-state index contributed by atoms with van der Waals surface area (Å²) >= 11 is 0. The quantitative estimate of drug-likeness (QED) is 0.551. The lowest BCUT2D eigenvalue weighted by Gasteiger charge is -2.17. The topological polar surface area (TPSA) is 78.5 Å². The van der Waals surface area contributed by atoms with Crippen LogP contribution in [0.15, 0.2) is 42.5 Å². The number of hydrogen-bond acceptors (Lipinski definition) is 3. The Morgan fingerprint density at radius 2 is 1.55 bits per heavy atom. The summed E-state index contributed by atoms with van der Waals surface area (Å²) < 4.78 is 78.0. The number of halogens is 6. The second-order valence-electron chi connectivity index (χ2n) is 6.54. The minimum absolute atomic E-state index is 0.0544. The fourth-order valence-electron chi connectivity index (χ4n) is 2.89. The fourth-order valence-corrected chi connectivity index (χ4v) is 2.89. The average Bonchev–Trinajstić information content (AvgIpc) is 2.99. The van der Waals surface area contributed by atoms with Gasteiger partial charge in [-0.2, -0.15) is 26.3 Å². The van der Waals surface area contributed by atoms with Gasteiger partial charge in [0.05, 0.1) is 24.2 Å². The molecule has 3 rings (SSSR count). The largest absolute Gasteiger partial charge is 0.416 e. The number of nitrogens with zero attached hydrogens (tertiary/aromatic N) is 1. The Morgan fingerprint density at radius 3 is 2.06 bits per heavy atom. The van der Waals surface area contributed by atoms with Crippen LogP contribution in [0, 0.1) is 0 Å². The zero-order chi connectivity index (χ0) is 23.0. The van der Waals surface area contributed by atoms with E-state index in [2.05, 4.69) is 5.32 Å². The van der Waals surface area contributed by atoms with Crippen molar-refractivity contribution in [2.45, 2.75) is 18.9 Å². The number of nitrogens with one attached hydrogen (secondary N) is 2. The molecule has 0 aliphatic carbocycles. The van der Waals surface area contributed by atoms with E-state index in [0.717, 1.165) is 4.90 Å². The first-order valence-electron chi connectivity index (χ1n) is 8.63. The Kier molecular flexibility index (Phi) is 5.66. The van der Waals surface area contributed by atoms with Crippen LogP contribution in [0.25, 0.3) is 0 Å². The van der Waals surface area contributed by atoms with Gasteiger partial charge in [0.2, 0.25) is 5.91 Å². The summed E-state index contributed by atoms with van der Waals surface area (Å²) in [5.74, 6) is -1.55. The monoisotopic (exact) mass is 445 g/mol. The molecule has 0 bridgehead atoms. The van der Waals surface area contributed by atoms with Crippen molar-refractivity contribution in [2.75, 3.05) is 11.9 Å². The van der Waals surface area contributed by atoms with E-state index in [9.17, 15) is 40.7 Å². The molecular weight excluding hydrogens is 432 g/mol. The van der Waals surface area contributed by atoms with Gasteiger partial charge in [0, 0.05) is 11.3 Å². The Morgan fingerprint density at radius 1 is 0.968 bits per heavy atom. The van der Waals surface area contributed by atoms with Gasteiger partial charge in [0.25, 0.3) is 5.91 Å². The molecule has 0 radical (unpaired) electrons. The van der Waals surface area contributed by atoms with Gasteiger partial charge in [0.1, 0.15) is 0 Å². The van der Waals surface area contributed by atoms with Crippen molar-refractivity contribution in [3.8, 4) is 0 Å². The number of carbonyl (C=O) groups is 3. The third-order valence-corrected chi connectivity index (χ3v) is 4.37. The molecule has 0 unspecified atom stereocenters. The zero-order valence-electron chi connectivity index (χ0n) is 15.4. The maximum Gasteiger partial charge on any atom is 0.416 e. The molecular formula is C19H13F6N3O3. The van der Waals surface area contributed by atoms with Crippen LogP contribution in [0.4, 0.5) is 36.8 Å². The predicted octanol–water partition coefficient (Wildman–Crippen LogP) is 4.03. The highest BCUT2D eigenvalue weighted by Crippen LogP contribution is 2.37. The van der Waals surface area contributed by atoms with E-state index in [0.29, 0.717) is 12.1 Å². The predicted molar refractivity (Wildman–Crippen MR) is 94.8 cm³/mol. The number of anilines is 1. The Balaban J connectivity index is 1.92. The lowest BCUT2D eigenvalue weighted by atomic mass is 10.0. The number of urea groups is 1. The lowest BCUT2D eigenvalue weighted by Crippen LogP contribution is -2.31. The second kappa shape index (κ2) is 7.93. The molecule has 0 saturated carbocycles. The molecule has 2 aromatic rings. The van der Waals surface area contributed by atoms with Gasteiger partial charge in [-0.1, -0.05) is 18.2 Å². The van der Waals surface area contributed by atoms with Gasteiger partial charge in [-0.25, -0.2) is 4.79 Å². The highest BCUT2D eigenvalue weighted by Gasteiger charge is 2.37. The molecule has 1 aliphatic rings. The lowest BCUT2D eigenvalue weighted by molar-refractivity contribution is -0.143. The van der Waals surface area contributed by atoms with E-state index < -0.39 is 47.0 Å². The average molecular weight is 445 g/mol. The standard InChI is InChI=1S/C19H13F6N3O3/c20-18(21,22)11-5-12(19(23,24)25)7-13(6-11)27-16(30)14-4-2-1-3-10(14)9-28-15(29)8-26-17(28)31/h1-7H,8-9H2,(H,26,31)(H,27,30). The number of alkyl halides is 6. The fraction of sp³-hybridized carbons (Fsp3) is 0.211. The molecule has 0 atom stereocenters. The zero-order valence-corrected chi connectivity index (χ0v) is 15.4. The molecule has 31 heavy (non-hydrogen) atoms. The van der Waals surface area contributed by atoms with Gasteiger partial charge >= 0.3 is 18.4 Å². The molecule has 4 amide bonds. The van der Waals surface area contributed by atoms with Crippen LogP contribution in [0.3, 0.4) is 0 Å². The van der Waals surface area contributed by atoms with Crippen LogP contribution >= 0.6 is 0 Å². The molecule has 1 heterocycles. The van der Waals surface area contributed by atoms with Crippen molar-refractivity contribution >= 4 is 23.5 Å². The molecule has 0 spiro atoms. The minimum atomic E-state index is -5.07. The van der Waals surface area contributed by atoms with E-state index in [1.165, 1.54) is 24.3 Å². The van der Waals surface area contributed by atoms with E-state index in [-0.39, 0.29) is 30.3 Å². The molecule has 6 nitrogen and oxygen atoms in total. The highest BCUT2D eigenvalue weighted by molar-refractivity contribution is 6.06.